The number of benzene rings is 1. The van der Waals surface area contributed by atoms with Gasteiger partial charge in [-0.25, -0.2) is 0 Å². The lowest BCUT2D eigenvalue weighted by Gasteiger charge is -2.03. The number of nitro groups is 2. The predicted octanol–water partition coefficient (Wildman–Crippen LogP) is 3.75. The van der Waals surface area contributed by atoms with E-state index in [1.54, 1.807) is 26.0 Å². The molecule has 0 radical (unpaired) electrons. The van der Waals surface area contributed by atoms with E-state index in [-0.39, 0.29) is 11.4 Å². The van der Waals surface area contributed by atoms with E-state index in [1.807, 2.05) is 0 Å². The lowest BCUT2D eigenvalue weighted by Crippen LogP contribution is -2.14. The summed E-state index contributed by atoms with van der Waals surface area (Å²) in [6.07, 6.45) is 0. The minimum Gasteiger partial charge on any atom is -0.395 e. The minimum absolute atomic E-state index is 0.0157. The van der Waals surface area contributed by atoms with E-state index in [0.717, 1.165) is 15.6 Å². The standard InChI is InChI=1S/C16H12N4O6S/c1-9-15(27-12-5-3-11(4-6-12)19(22)23)10(2)18(17-9)16(21)13-7-8-14(26-13)20(24)25/h3-8H,1-2H3. The number of rotatable bonds is 5. The first-order valence-corrected chi connectivity index (χ1v) is 8.37. The quantitative estimate of drug-likeness (QED) is 0.476. The number of nitro benzene ring substituents is 1. The molecule has 11 heteroatoms. The molecular formula is C16H12N4O6S. The van der Waals surface area contributed by atoms with Crippen LogP contribution in [0.5, 0.6) is 0 Å². The summed E-state index contributed by atoms with van der Waals surface area (Å²) in [4.78, 5) is 34.2. The van der Waals surface area contributed by atoms with Crippen LogP contribution in [0.25, 0.3) is 0 Å². The molecule has 3 rings (SSSR count). The Morgan fingerprint density at radius 3 is 2.30 bits per heavy atom. The third-order valence-corrected chi connectivity index (χ3v) is 4.97. The fourth-order valence-corrected chi connectivity index (χ4v) is 3.30. The first kappa shape index (κ1) is 18.3. The number of non-ortho nitro benzene ring substituents is 1. The average molecular weight is 388 g/mol. The molecule has 0 amide bonds. The van der Waals surface area contributed by atoms with Gasteiger partial charge in [-0.2, -0.15) is 9.78 Å². The molecule has 0 saturated heterocycles. The van der Waals surface area contributed by atoms with Crippen molar-refractivity contribution in [2.45, 2.75) is 23.6 Å². The van der Waals surface area contributed by atoms with Crippen LogP contribution in [0.4, 0.5) is 11.6 Å². The first-order valence-electron chi connectivity index (χ1n) is 7.55. The Hall–Kier alpha value is -3.47. The van der Waals surface area contributed by atoms with Crippen LogP contribution in [0, 0.1) is 34.1 Å². The lowest BCUT2D eigenvalue weighted by atomic mass is 10.3. The lowest BCUT2D eigenvalue weighted by molar-refractivity contribution is -0.402. The van der Waals surface area contributed by atoms with E-state index in [9.17, 15) is 25.0 Å². The third kappa shape index (κ3) is 3.58. The Balaban J connectivity index is 1.88. The van der Waals surface area contributed by atoms with Crippen LogP contribution in [0.2, 0.25) is 0 Å². The van der Waals surface area contributed by atoms with Gasteiger partial charge in [0.15, 0.2) is 0 Å². The molecule has 0 N–H and O–H groups in total. The van der Waals surface area contributed by atoms with Crippen molar-refractivity contribution in [2.24, 2.45) is 0 Å². The molecule has 3 aromatic rings. The molecule has 1 aromatic carbocycles. The minimum atomic E-state index is -0.728. The molecule has 0 aliphatic carbocycles. The van der Waals surface area contributed by atoms with E-state index in [4.69, 9.17) is 4.42 Å². The monoisotopic (exact) mass is 388 g/mol. The molecule has 0 saturated carbocycles. The summed E-state index contributed by atoms with van der Waals surface area (Å²) in [6, 6.07) is 8.33. The summed E-state index contributed by atoms with van der Waals surface area (Å²) in [5.41, 5.74) is 1.09. The second kappa shape index (κ2) is 7.03. The van der Waals surface area contributed by atoms with Gasteiger partial charge in [-0.1, -0.05) is 11.8 Å². The zero-order valence-electron chi connectivity index (χ0n) is 14.1. The Morgan fingerprint density at radius 2 is 1.74 bits per heavy atom. The summed E-state index contributed by atoms with van der Waals surface area (Å²) >= 11 is 1.31. The van der Waals surface area contributed by atoms with Gasteiger partial charge < -0.3 is 4.42 Å². The van der Waals surface area contributed by atoms with Crippen LogP contribution < -0.4 is 0 Å². The number of carbonyl (C=O) groups excluding carboxylic acids is 1. The molecule has 0 bridgehead atoms. The average Bonchev–Trinajstić information content (AvgIpc) is 3.22. The Bertz CT molecular complexity index is 1050. The van der Waals surface area contributed by atoms with Gasteiger partial charge in [0.25, 0.3) is 5.69 Å². The molecule has 138 valence electrons. The second-order valence-electron chi connectivity index (χ2n) is 5.46. The van der Waals surface area contributed by atoms with Gasteiger partial charge in [-0.05, 0) is 32.0 Å². The molecule has 10 nitrogen and oxygen atoms in total. The zero-order valence-corrected chi connectivity index (χ0v) is 14.9. The maximum absolute atomic E-state index is 12.5. The summed E-state index contributed by atoms with van der Waals surface area (Å²) in [7, 11) is 0. The van der Waals surface area contributed by atoms with Gasteiger partial charge >= 0.3 is 11.8 Å². The van der Waals surface area contributed by atoms with Crippen molar-refractivity contribution < 1.29 is 19.1 Å². The van der Waals surface area contributed by atoms with Crippen LogP contribution in [0.3, 0.4) is 0 Å². The Labute approximate surface area is 156 Å². The molecule has 2 aromatic heterocycles. The highest BCUT2D eigenvalue weighted by molar-refractivity contribution is 7.99. The topological polar surface area (TPSA) is 134 Å². The van der Waals surface area contributed by atoms with Crippen molar-refractivity contribution in [3.63, 3.8) is 0 Å². The van der Waals surface area contributed by atoms with Crippen LogP contribution in [-0.4, -0.2) is 25.5 Å². The predicted molar refractivity (Wildman–Crippen MR) is 94.0 cm³/mol. The van der Waals surface area contributed by atoms with Crippen LogP contribution in [-0.2, 0) is 0 Å². The molecule has 0 atom stereocenters. The molecule has 0 fully saturated rings. The van der Waals surface area contributed by atoms with E-state index in [1.165, 1.54) is 30.0 Å². The first-order chi connectivity index (χ1) is 12.8. The second-order valence-corrected chi connectivity index (χ2v) is 6.55. The number of hydrogen-bond acceptors (Lipinski definition) is 8. The van der Waals surface area contributed by atoms with Crippen LogP contribution >= 0.6 is 11.8 Å². The zero-order chi connectivity index (χ0) is 19.7. The number of aromatic nitrogens is 2. The molecule has 0 aliphatic rings. The molecule has 27 heavy (non-hydrogen) atoms. The van der Waals surface area contributed by atoms with Gasteiger partial charge in [0.1, 0.15) is 4.92 Å². The molecular weight excluding hydrogens is 376 g/mol. The maximum atomic E-state index is 12.5. The summed E-state index contributed by atoms with van der Waals surface area (Å²) in [6.45, 7) is 3.40. The number of aryl methyl sites for hydroxylation is 1. The van der Waals surface area contributed by atoms with Gasteiger partial charge in [0.05, 0.1) is 27.3 Å². The van der Waals surface area contributed by atoms with Crippen molar-refractivity contribution >= 4 is 29.2 Å². The summed E-state index contributed by atoms with van der Waals surface area (Å²) in [5, 5.41) is 25.6. The molecule has 0 aliphatic heterocycles. The maximum Gasteiger partial charge on any atom is 0.433 e. The highest BCUT2D eigenvalue weighted by Crippen LogP contribution is 2.34. The molecule has 0 spiro atoms. The smallest absolute Gasteiger partial charge is 0.395 e. The van der Waals surface area contributed by atoms with E-state index in [0.29, 0.717) is 16.3 Å². The Morgan fingerprint density at radius 1 is 1.07 bits per heavy atom. The largest absolute Gasteiger partial charge is 0.433 e. The summed E-state index contributed by atoms with van der Waals surface area (Å²) < 4.78 is 6.06. The normalized spacial score (nSPS) is 10.7. The fraction of sp³-hybridized carbons (Fsp3) is 0.125. The van der Waals surface area contributed by atoms with E-state index < -0.39 is 21.6 Å². The Kier molecular flexibility index (Phi) is 4.77. The van der Waals surface area contributed by atoms with E-state index in [2.05, 4.69) is 5.10 Å². The number of furan rings is 1. The van der Waals surface area contributed by atoms with E-state index >= 15 is 0 Å². The summed E-state index contributed by atoms with van der Waals surface area (Å²) in [5.74, 6) is -1.35. The third-order valence-electron chi connectivity index (χ3n) is 3.67. The van der Waals surface area contributed by atoms with Crippen molar-refractivity contribution in [3.8, 4) is 0 Å². The SMILES string of the molecule is Cc1nn(C(=O)c2ccc([N+](=O)[O-])o2)c(C)c1Sc1ccc([N+](=O)[O-])cc1. The molecule has 2 heterocycles. The van der Waals surface area contributed by atoms with Gasteiger partial charge in [0, 0.05) is 17.0 Å². The number of hydrogen-bond donors (Lipinski definition) is 0. The number of carbonyl (C=O) groups is 1. The van der Waals surface area contributed by atoms with Crippen molar-refractivity contribution in [1.82, 2.24) is 9.78 Å². The van der Waals surface area contributed by atoms with Gasteiger partial charge in [-0.3, -0.25) is 25.0 Å². The highest BCUT2D eigenvalue weighted by atomic mass is 32.2. The molecule has 0 unspecified atom stereocenters. The fourth-order valence-electron chi connectivity index (χ4n) is 2.37. The van der Waals surface area contributed by atoms with Crippen molar-refractivity contribution in [1.29, 1.82) is 0 Å². The van der Waals surface area contributed by atoms with Crippen LogP contribution in [0.15, 0.2) is 50.6 Å². The van der Waals surface area contributed by atoms with Crippen molar-refractivity contribution in [3.05, 3.63) is 73.8 Å². The van der Waals surface area contributed by atoms with Gasteiger partial charge in [-0.15, -0.1) is 0 Å². The van der Waals surface area contributed by atoms with Crippen molar-refractivity contribution in [2.75, 3.05) is 0 Å². The van der Waals surface area contributed by atoms with Gasteiger partial charge in [0.2, 0.25) is 5.76 Å². The number of nitrogens with zero attached hydrogens (tertiary/aromatic N) is 4. The highest BCUT2D eigenvalue weighted by Gasteiger charge is 2.23. The van der Waals surface area contributed by atoms with Crippen LogP contribution in [0.1, 0.15) is 21.9 Å².